The Kier molecular flexibility index (Phi) is 5.71. The van der Waals surface area contributed by atoms with E-state index in [9.17, 15) is 4.79 Å². The van der Waals surface area contributed by atoms with Gasteiger partial charge in [-0.05, 0) is 62.4 Å². The summed E-state index contributed by atoms with van der Waals surface area (Å²) >= 11 is 5.98. The number of amides is 1. The van der Waals surface area contributed by atoms with E-state index in [0.717, 1.165) is 17.8 Å². The summed E-state index contributed by atoms with van der Waals surface area (Å²) in [5, 5.41) is 0.638. The minimum Gasteiger partial charge on any atom is -1.00 e. The lowest BCUT2D eigenvalue weighted by molar-refractivity contribution is -0.0000128. The lowest BCUT2D eigenvalue weighted by Crippen LogP contribution is -3.00. The van der Waals surface area contributed by atoms with Crippen molar-refractivity contribution in [2.75, 3.05) is 11.9 Å². The van der Waals surface area contributed by atoms with Crippen molar-refractivity contribution in [3.8, 4) is 0 Å². The molecule has 26 heavy (non-hydrogen) atoms. The fourth-order valence-electron chi connectivity index (χ4n) is 3.90. The number of hydrogen-bond donors (Lipinski definition) is 0. The van der Waals surface area contributed by atoms with E-state index >= 15 is 0 Å². The van der Waals surface area contributed by atoms with Crippen LogP contribution in [0.4, 0.5) is 5.69 Å². The van der Waals surface area contributed by atoms with Crippen LogP contribution in [0.2, 0.25) is 5.02 Å². The molecule has 2 heterocycles. The van der Waals surface area contributed by atoms with Crippen molar-refractivity contribution in [3.63, 3.8) is 0 Å². The van der Waals surface area contributed by atoms with Crippen molar-refractivity contribution in [2.24, 2.45) is 0 Å². The van der Waals surface area contributed by atoms with Crippen LogP contribution < -0.4 is 17.3 Å². The smallest absolute Gasteiger partial charge is 0.262 e. The Hall–Kier alpha value is -1.81. The summed E-state index contributed by atoms with van der Waals surface area (Å²) in [5.41, 5.74) is 2.68. The summed E-state index contributed by atoms with van der Waals surface area (Å²) < 4.78 is 0. The number of carbonyl (C=O) groups excluding carboxylic acids is 1. The van der Waals surface area contributed by atoms with E-state index in [4.69, 9.17) is 11.6 Å². The van der Waals surface area contributed by atoms with Gasteiger partial charge in [-0.25, -0.2) is 0 Å². The number of para-hydroxylation sites is 1. The van der Waals surface area contributed by atoms with Gasteiger partial charge in [0.25, 0.3) is 5.91 Å². The van der Waals surface area contributed by atoms with Gasteiger partial charge in [-0.2, -0.15) is 0 Å². The first-order valence-electron chi connectivity index (χ1n) is 8.71. The average Bonchev–Trinajstić information content (AvgIpc) is 2.84. The van der Waals surface area contributed by atoms with Gasteiger partial charge in [-0.15, -0.1) is 0 Å². The largest absolute Gasteiger partial charge is 1.00 e. The van der Waals surface area contributed by atoms with E-state index in [-0.39, 0.29) is 18.3 Å². The van der Waals surface area contributed by atoms with E-state index in [1.807, 2.05) is 35.2 Å². The van der Waals surface area contributed by atoms with Crippen molar-refractivity contribution in [2.45, 2.75) is 31.3 Å². The summed E-state index contributed by atoms with van der Waals surface area (Å²) in [5.74, 6) is -0.00179. The second-order valence-corrected chi connectivity index (χ2v) is 7.25. The molecule has 136 valence electrons. The molecule has 2 aromatic carbocycles. The van der Waals surface area contributed by atoms with Crippen LogP contribution in [0.3, 0.4) is 0 Å². The van der Waals surface area contributed by atoms with Crippen LogP contribution in [0.15, 0.2) is 66.4 Å². The maximum atomic E-state index is 13.3. The maximum Gasteiger partial charge on any atom is 0.262 e. The highest BCUT2D eigenvalue weighted by Crippen LogP contribution is 2.36. The highest BCUT2D eigenvalue weighted by atomic mass is 35.5. The molecule has 0 radical (unpaired) electrons. The molecule has 5 heteroatoms. The number of fused-ring (bicyclic) bond motifs is 2. The fourth-order valence-corrected chi connectivity index (χ4v) is 4.02. The number of nitrogens with zero attached hydrogens (tertiary/aromatic N) is 2. The second-order valence-electron chi connectivity index (χ2n) is 6.81. The third-order valence-electron chi connectivity index (χ3n) is 5.32. The van der Waals surface area contributed by atoms with Gasteiger partial charge in [0.15, 0.2) is 0 Å². The molecule has 1 amide bonds. The predicted molar refractivity (Wildman–Crippen MR) is 102 cm³/mol. The second kappa shape index (κ2) is 7.83. The molecule has 0 aliphatic carbocycles. The standard InChI is InChI=1S/C21H21ClN2O.ClH/c1-23-18-11-12-19(23)14-20(13-18)24(17-5-3-2-4-6-17)21(25)15-7-9-16(22)10-8-15;/h2-10,13,18-19H,11-12,14H2,1H3;1H/p-1. The SMILES string of the molecule is CN1C2C=C(N(C(=O)c3ccc(Cl)cc3)c3ccccc3)CC1CC2.[Cl-]. The predicted octanol–water partition coefficient (Wildman–Crippen LogP) is 1.74. The summed E-state index contributed by atoms with van der Waals surface area (Å²) in [7, 11) is 2.18. The van der Waals surface area contributed by atoms with Gasteiger partial charge in [-0.1, -0.05) is 29.8 Å². The van der Waals surface area contributed by atoms with Crippen LogP contribution in [0.25, 0.3) is 0 Å². The molecule has 0 N–H and O–H groups in total. The molecule has 0 aromatic heterocycles. The molecule has 0 spiro atoms. The zero-order chi connectivity index (χ0) is 17.4. The number of hydrogen-bond acceptors (Lipinski definition) is 2. The molecule has 2 unspecified atom stereocenters. The first-order chi connectivity index (χ1) is 12.1. The molecular formula is C21H21Cl2N2O-. The molecule has 2 atom stereocenters. The summed E-state index contributed by atoms with van der Waals surface area (Å²) in [6.45, 7) is 0. The zero-order valence-electron chi connectivity index (χ0n) is 14.6. The normalized spacial score (nSPS) is 21.7. The number of anilines is 1. The van der Waals surface area contributed by atoms with Crippen LogP contribution in [-0.4, -0.2) is 29.9 Å². The van der Waals surface area contributed by atoms with Gasteiger partial charge < -0.3 is 12.4 Å². The minimum absolute atomic E-state index is 0. The Morgan fingerprint density at radius 3 is 2.42 bits per heavy atom. The maximum absolute atomic E-state index is 13.3. The number of halogens is 2. The molecule has 1 fully saturated rings. The minimum atomic E-state index is -0.00179. The van der Waals surface area contributed by atoms with Gasteiger partial charge in [-0.3, -0.25) is 14.6 Å². The van der Waals surface area contributed by atoms with E-state index in [2.05, 4.69) is 18.0 Å². The Morgan fingerprint density at radius 1 is 1.08 bits per heavy atom. The first-order valence-corrected chi connectivity index (χ1v) is 9.09. The molecule has 4 rings (SSSR count). The average molecular weight is 388 g/mol. The Morgan fingerprint density at radius 2 is 1.77 bits per heavy atom. The van der Waals surface area contributed by atoms with Crippen LogP contribution in [0.1, 0.15) is 29.6 Å². The lowest BCUT2D eigenvalue weighted by Gasteiger charge is -2.35. The highest BCUT2D eigenvalue weighted by Gasteiger charge is 2.36. The molecule has 2 aromatic rings. The molecular weight excluding hydrogens is 367 g/mol. The van der Waals surface area contributed by atoms with Crippen molar-refractivity contribution < 1.29 is 17.2 Å². The summed E-state index contributed by atoms with van der Waals surface area (Å²) in [6, 6.07) is 18.0. The van der Waals surface area contributed by atoms with Crippen LogP contribution in [-0.2, 0) is 0 Å². The van der Waals surface area contributed by atoms with Crippen molar-refractivity contribution in [1.29, 1.82) is 0 Å². The van der Waals surface area contributed by atoms with E-state index in [0.29, 0.717) is 22.7 Å². The molecule has 2 aliphatic rings. The molecule has 0 saturated carbocycles. The van der Waals surface area contributed by atoms with Gasteiger partial charge in [0.1, 0.15) is 0 Å². The van der Waals surface area contributed by atoms with Gasteiger partial charge >= 0.3 is 0 Å². The van der Waals surface area contributed by atoms with Crippen LogP contribution >= 0.6 is 11.6 Å². The van der Waals surface area contributed by atoms with E-state index in [1.54, 1.807) is 24.3 Å². The summed E-state index contributed by atoms with van der Waals surface area (Å²) in [6.07, 6.45) is 5.53. The molecule has 2 bridgehead atoms. The summed E-state index contributed by atoms with van der Waals surface area (Å²) in [4.78, 5) is 17.6. The fraction of sp³-hybridized carbons (Fsp3) is 0.286. The number of carbonyl (C=O) groups is 1. The van der Waals surface area contributed by atoms with Crippen molar-refractivity contribution in [1.82, 2.24) is 4.90 Å². The van der Waals surface area contributed by atoms with Gasteiger partial charge in [0.05, 0.1) is 0 Å². The Bertz CT molecular complexity index is 805. The third kappa shape index (κ3) is 3.52. The first kappa shape index (κ1) is 19.0. The van der Waals surface area contributed by atoms with Crippen molar-refractivity contribution >= 4 is 23.2 Å². The number of rotatable bonds is 3. The quantitative estimate of drug-likeness (QED) is 0.800. The molecule has 1 saturated heterocycles. The highest BCUT2D eigenvalue weighted by molar-refractivity contribution is 6.30. The van der Waals surface area contributed by atoms with Gasteiger partial charge in [0, 0.05) is 40.5 Å². The lowest BCUT2D eigenvalue weighted by atomic mass is 10.0. The van der Waals surface area contributed by atoms with Crippen LogP contribution in [0.5, 0.6) is 0 Å². The van der Waals surface area contributed by atoms with Crippen LogP contribution in [0, 0.1) is 0 Å². The number of likely N-dealkylation sites (N-methyl/N-ethyl adjacent to an activating group) is 1. The molecule has 2 aliphatic heterocycles. The van der Waals surface area contributed by atoms with Crippen molar-refractivity contribution in [3.05, 3.63) is 77.0 Å². The van der Waals surface area contributed by atoms with E-state index < -0.39 is 0 Å². The topological polar surface area (TPSA) is 23.6 Å². The Labute approximate surface area is 165 Å². The Balaban J connectivity index is 0.00000196. The van der Waals surface area contributed by atoms with Gasteiger partial charge in [0.2, 0.25) is 0 Å². The molecule has 3 nitrogen and oxygen atoms in total. The monoisotopic (exact) mass is 387 g/mol. The zero-order valence-corrected chi connectivity index (χ0v) is 16.1. The number of benzene rings is 2. The van der Waals surface area contributed by atoms with E-state index in [1.165, 1.54) is 12.8 Å². The third-order valence-corrected chi connectivity index (χ3v) is 5.57.